The van der Waals surface area contributed by atoms with Crippen LogP contribution >= 0.6 is 0 Å². The van der Waals surface area contributed by atoms with Crippen LogP contribution in [0.25, 0.3) is 11.0 Å². The van der Waals surface area contributed by atoms with Crippen molar-refractivity contribution in [2.75, 3.05) is 18.0 Å². The molecule has 0 aromatic carbocycles. The minimum atomic E-state index is -0.742. The lowest BCUT2D eigenvalue weighted by atomic mass is 9.63. The van der Waals surface area contributed by atoms with Gasteiger partial charge in [-0.2, -0.15) is 10.4 Å². The molecular formula is C23H21N7O3. The summed E-state index contributed by atoms with van der Waals surface area (Å²) in [5.41, 5.74) is 2.35. The Labute approximate surface area is 189 Å². The van der Waals surface area contributed by atoms with Gasteiger partial charge in [0, 0.05) is 43.4 Å². The van der Waals surface area contributed by atoms with Crippen LogP contribution in [0.3, 0.4) is 0 Å². The summed E-state index contributed by atoms with van der Waals surface area (Å²) in [7, 11) is 0. The number of hydrogen-bond acceptors (Lipinski definition) is 7. The number of fused-ring (bicyclic) bond motifs is 3. The Balaban J connectivity index is 1.21. The Morgan fingerprint density at radius 1 is 1.30 bits per heavy atom. The maximum absolute atomic E-state index is 13.6. The molecule has 1 saturated heterocycles. The van der Waals surface area contributed by atoms with Gasteiger partial charge in [0.2, 0.25) is 17.7 Å². The van der Waals surface area contributed by atoms with Crippen LogP contribution in [0.4, 0.5) is 5.69 Å². The number of hydrogen-bond donors (Lipinski definition) is 1. The predicted octanol–water partition coefficient (Wildman–Crippen LogP) is 1.69. The summed E-state index contributed by atoms with van der Waals surface area (Å²) in [6, 6.07) is 7.20. The van der Waals surface area contributed by atoms with E-state index in [0.717, 1.165) is 23.0 Å². The van der Waals surface area contributed by atoms with Gasteiger partial charge in [-0.15, -0.1) is 0 Å². The smallest absolute Gasteiger partial charge is 0.243 e. The standard InChI is InChI=1S/C23H21N7O3/c24-10-14-2-1-7-29(14)21(31)13-30-19-5-6-25-11-16(19)23(22(30)32)8-15(9-23)33-20-4-3-17-18(27-20)12-26-28-17/h3-6,11-12,14-15H,1-2,7-9,13H2,(H,26,28)/t14-,15?,23?/m0/s1. The first-order chi connectivity index (χ1) is 16.1. The maximum Gasteiger partial charge on any atom is 0.243 e. The van der Waals surface area contributed by atoms with Gasteiger partial charge in [0.1, 0.15) is 24.2 Å². The van der Waals surface area contributed by atoms with Gasteiger partial charge in [0.05, 0.1) is 28.9 Å². The Kier molecular flexibility index (Phi) is 4.33. The van der Waals surface area contributed by atoms with Crippen molar-refractivity contribution in [3.63, 3.8) is 0 Å². The van der Waals surface area contributed by atoms with Crippen molar-refractivity contribution in [2.45, 2.75) is 43.2 Å². The SMILES string of the molecule is N#C[C@@H]1CCCN1C(=O)CN1C(=O)C2(CC(Oc3ccc4[nH]ncc4n3)C2)c2cnccc21. The zero-order chi connectivity index (χ0) is 22.6. The zero-order valence-corrected chi connectivity index (χ0v) is 17.8. The van der Waals surface area contributed by atoms with E-state index in [-0.39, 0.29) is 24.5 Å². The van der Waals surface area contributed by atoms with Crippen LogP contribution in [-0.4, -0.2) is 62.1 Å². The molecule has 10 nitrogen and oxygen atoms in total. The number of aromatic amines is 1. The predicted molar refractivity (Wildman–Crippen MR) is 116 cm³/mol. The Hall–Kier alpha value is -4.00. The third-order valence-corrected chi connectivity index (χ3v) is 6.99. The highest BCUT2D eigenvalue weighted by molar-refractivity contribution is 6.11. The van der Waals surface area contributed by atoms with E-state index in [2.05, 4.69) is 26.2 Å². The van der Waals surface area contributed by atoms with E-state index in [1.807, 2.05) is 6.07 Å². The highest BCUT2D eigenvalue weighted by Crippen LogP contribution is 2.54. The van der Waals surface area contributed by atoms with Gasteiger partial charge >= 0.3 is 0 Å². The van der Waals surface area contributed by atoms with Crippen molar-refractivity contribution in [3.8, 4) is 11.9 Å². The molecular weight excluding hydrogens is 422 g/mol. The third-order valence-electron chi connectivity index (χ3n) is 6.99. The number of nitrogens with one attached hydrogen (secondary N) is 1. The zero-order valence-electron chi connectivity index (χ0n) is 17.8. The van der Waals surface area contributed by atoms with Gasteiger partial charge in [-0.3, -0.25) is 19.7 Å². The summed E-state index contributed by atoms with van der Waals surface area (Å²) < 4.78 is 6.05. The van der Waals surface area contributed by atoms with E-state index in [1.54, 1.807) is 40.5 Å². The van der Waals surface area contributed by atoms with Gasteiger partial charge in [0.15, 0.2) is 0 Å². The number of nitrogens with zero attached hydrogens (tertiary/aromatic N) is 6. The highest BCUT2D eigenvalue weighted by Gasteiger charge is 2.60. The molecule has 1 saturated carbocycles. The fourth-order valence-electron chi connectivity index (χ4n) is 5.30. The van der Waals surface area contributed by atoms with Gasteiger partial charge in [-0.25, -0.2) is 4.98 Å². The van der Waals surface area contributed by atoms with Gasteiger partial charge < -0.3 is 14.5 Å². The average Bonchev–Trinajstić information content (AvgIpc) is 3.52. The van der Waals surface area contributed by atoms with Gasteiger partial charge in [0.25, 0.3) is 0 Å². The van der Waals surface area contributed by atoms with Crippen LogP contribution in [0.15, 0.2) is 36.8 Å². The number of H-pyrrole nitrogens is 1. The van der Waals surface area contributed by atoms with E-state index in [9.17, 15) is 14.9 Å². The molecule has 1 N–H and O–H groups in total. The summed E-state index contributed by atoms with van der Waals surface area (Å²) in [5, 5.41) is 16.2. The Morgan fingerprint density at radius 2 is 2.18 bits per heavy atom. The number of likely N-dealkylation sites (tertiary alicyclic amines) is 1. The van der Waals surface area contributed by atoms with E-state index >= 15 is 0 Å². The Morgan fingerprint density at radius 3 is 3.03 bits per heavy atom. The maximum atomic E-state index is 13.6. The second kappa shape index (κ2) is 7.27. The van der Waals surface area contributed by atoms with Crippen molar-refractivity contribution in [3.05, 3.63) is 42.4 Å². The van der Waals surface area contributed by atoms with E-state index in [4.69, 9.17) is 4.74 Å². The number of carbonyl (C=O) groups is 2. The first kappa shape index (κ1) is 19.7. The second-order valence-electron chi connectivity index (χ2n) is 8.84. The number of amides is 2. The molecule has 33 heavy (non-hydrogen) atoms. The largest absolute Gasteiger partial charge is 0.474 e. The molecule has 3 aliphatic rings. The molecule has 0 bridgehead atoms. The molecule has 5 heterocycles. The van der Waals surface area contributed by atoms with Crippen molar-refractivity contribution in [2.24, 2.45) is 0 Å². The summed E-state index contributed by atoms with van der Waals surface area (Å²) in [6.07, 6.45) is 7.29. The van der Waals surface area contributed by atoms with Gasteiger partial charge in [-0.05, 0) is 25.0 Å². The molecule has 1 aliphatic carbocycles. The number of rotatable bonds is 4. The topological polar surface area (TPSA) is 128 Å². The lowest BCUT2D eigenvalue weighted by molar-refractivity contribution is -0.134. The fourth-order valence-corrected chi connectivity index (χ4v) is 5.30. The molecule has 1 atom stereocenters. The minimum absolute atomic E-state index is 0.0694. The second-order valence-corrected chi connectivity index (χ2v) is 8.84. The van der Waals surface area contributed by atoms with Crippen LogP contribution in [-0.2, 0) is 15.0 Å². The van der Waals surface area contributed by atoms with Crippen molar-refractivity contribution in [1.82, 2.24) is 25.1 Å². The lowest BCUT2D eigenvalue weighted by Crippen LogP contribution is -2.55. The molecule has 10 heteroatoms. The first-order valence-electron chi connectivity index (χ1n) is 11.0. The number of aromatic nitrogens is 4. The molecule has 2 amide bonds. The number of anilines is 1. The normalized spacial score (nSPS) is 25.8. The van der Waals surface area contributed by atoms with Crippen molar-refractivity contribution >= 4 is 28.5 Å². The van der Waals surface area contributed by atoms with E-state index in [0.29, 0.717) is 37.4 Å². The summed E-state index contributed by atoms with van der Waals surface area (Å²) in [4.78, 5) is 38.4. The molecule has 0 radical (unpaired) electrons. The molecule has 1 spiro atoms. The summed E-state index contributed by atoms with van der Waals surface area (Å²) in [6.45, 7) is 0.484. The summed E-state index contributed by atoms with van der Waals surface area (Å²) in [5.74, 6) is 0.186. The number of ether oxygens (including phenoxy) is 1. The van der Waals surface area contributed by atoms with Crippen LogP contribution in [0.1, 0.15) is 31.2 Å². The van der Waals surface area contributed by atoms with Crippen LogP contribution in [0, 0.1) is 11.3 Å². The number of pyridine rings is 2. The van der Waals surface area contributed by atoms with Crippen LogP contribution in [0.5, 0.6) is 5.88 Å². The lowest BCUT2D eigenvalue weighted by Gasteiger charge is -2.43. The molecule has 2 aliphatic heterocycles. The first-order valence-corrected chi connectivity index (χ1v) is 11.0. The van der Waals surface area contributed by atoms with E-state index in [1.165, 1.54) is 0 Å². The van der Waals surface area contributed by atoms with Crippen molar-refractivity contribution in [1.29, 1.82) is 5.26 Å². The Bertz CT molecular complexity index is 1310. The molecule has 166 valence electrons. The molecule has 3 aromatic heterocycles. The molecule has 2 fully saturated rings. The fraction of sp³-hybridized carbons (Fsp3) is 0.391. The molecule has 6 rings (SSSR count). The van der Waals surface area contributed by atoms with Crippen LogP contribution < -0.4 is 9.64 Å². The minimum Gasteiger partial charge on any atom is -0.474 e. The van der Waals surface area contributed by atoms with Crippen molar-refractivity contribution < 1.29 is 14.3 Å². The van der Waals surface area contributed by atoms with Crippen LogP contribution in [0.2, 0.25) is 0 Å². The average molecular weight is 443 g/mol. The monoisotopic (exact) mass is 443 g/mol. The summed E-state index contributed by atoms with van der Waals surface area (Å²) >= 11 is 0. The van der Waals surface area contributed by atoms with Gasteiger partial charge in [-0.1, -0.05) is 0 Å². The molecule has 0 unspecified atom stereocenters. The highest BCUT2D eigenvalue weighted by atomic mass is 16.5. The quantitative estimate of drug-likeness (QED) is 0.650. The third kappa shape index (κ3) is 2.96. The molecule has 3 aromatic rings. The van der Waals surface area contributed by atoms with E-state index < -0.39 is 11.5 Å². The number of carbonyl (C=O) groups excluding carboxylic acids is 2. The number of nitriles is 1.